The smallest absolute Gasteiger partial charge is 0.549 e. The number of carboxylic acids is 7. The number of hydrogen-bond acceptors (Lipinski definition) is 12. The third-order valence-electron chi connectivity index (χ3n) is 3.23. The van der Waals surface area contributed by atoms with Crippen LogP contribution in [0.15, 0.2) is 0 Å². The predicted molar refractivity (Wildman–Crippen MR) is 97.5 cm³/mol. The summed E-state index contributed by atoms with van der Waals surface area (Å²) in [6.45, 7) is -4.55. The van der Waals surface area contributed by atoms with Gasteiger partial charge in [0.2, 0.25) is 0 Å². The molecule has 17 nitrogen and oxygen atoms in total. The zero-order valence-corrected chi connectivity index (χ0v) is 23.1. The van der Waals surface area contributed by atoms with Crippen LogP contribution < -0.4 is 69.3 Å². The Kier molecular flexibility index (Phi) is 26.1. The van der Waals surface area contributed by atoms with Crippen molar-refractivity contribution in [2.75, 3.05) is 58.9 Å². The normalized spacial score (nSPS) is 9.80. The molecular formula is C16H23N3Na2O14. The fourth-order valence-corrected chi connectivity index (χ4v) is 2.20. The average Bonchev–Trinajstić information content (AvgIpc) is 2.56. The van der Waals surface area contributed by atoms with Crippen LogP contribution in [0, 0.1) is 0 Å². The van der Waals surface area contributed by atoms with Gasteiger partial charge in [0, 0.05) is 26.2 Å². The van der Waals surface area contributed by atoms with Gasteiger partial charge < -0.3 is 45.3 Å². The van der Waals surface area contributed by atoms with Gasteiger partial charge >= 0.3 is 89.0 Å². The van der Waals surface area contributed by atoms with Gasteiger partial charge in [-0.3, -0.25) is 38.7 Å². The van der Waals surface area contributed by atoms with Crippen molar-refractivity contribution in [1.82, 2.24) is 14.7 Å². The summed E-state index contributed by atoms with van der Waals surface area (Å²) in [5.74, 6) is -9.30. The molecule has 0 bridgehead atoms. The minimum absolute atomic E-state index is 0. The summed E-state index contributed by atoms with van der Waals surface area (Å²) >= 11 is 0. The maximum Gasteiger partial charge on any atom is 1.00 e. The number of carbonyl (C=O) groups is 7. The fraction of sp³-hybridized carbons (Fsp3) is 0.562. The minimum atomic E-state index is -1.51. The maximum atomic E-state index is 10.5. The molecule has 0 aliphatic carbocycles. The van der Waals surface area contributed by atoms with Crippen molar-refractivity contribution < 1.29 is 128 Å². The van der Waals surface area contributed by atoms with E-state index in [2.05, 4.69) is 0 Å². The van der Waals surface area contributed by atoms with E-state index in [-0.39, 0.29) is 72.2 Å². The maximum absolute atomic E-state index is 10.5. The Morgan fingerprint density at radius 3 is 0.829 bits per heavy atom. The molecular weight excluding hydrogens is 504 g/mol. The molecule has 0 aromatic heterocycles. The van der Waals surface area contributed by atoms with Gasteiger partial charge in [-0.1, -0.05) is 0 Å². The molecule has 0 aliphatic heterocycles. The van der Waals surface area contributed by atoms with Crippen LogP contribution in [0.5, 0.6) is 0 Å². The number of nitrogens with zero attached hydrogens (tertiary/aromatic N) is 3. The first kappa shape index (κ1) is 40.3. The third-order valence-corrected chi connectivity index (χ3v) is 3.23. The molecule has 0 aromatic carbocycles. The quantitative estimate of drug-likeness (QED) is 0.110. The van der Waals surface area contributed by atoms with E-state index in [1.165, 1.54) is 0 Å². The second-order valence-electron chi connectivity index (χ2n) is 6.28. The molecule has 0 atom stereocenters. The number of hydrogen-bond donors (Lipinski definition) is 5. The third kappa shape index (κ3) is 30.1. The Morgan fingerprint density at radius 2 is 0.629 bits per heavy atom. The van der Waals surface area contributed by atoms with Crippen molar-refractivity contribution >= 4 is 41.8 Å². The summed E-state index contributed by atoms with van der Waals surface area (Å²) in [5.41, 5.74) is 0. The van der Waals surface area contributed by atoms with E-state index in [1.54, 1.807) is 0 Å². The Hall–Kier alpha value is -1.83. The van der Waals surface area contributed by atoms with E-state index < -0.39 is 87.6 Å². The van der Waals surface area contributed by atoms with Crippen LogP contribution in [0.4, 0.5) is 0 Å². The van der Waals surface area contributed by atoms with Crippen LogP contribution in [0.2, 0.25) is 0 Å². The monoisotopic (exact) mass is 527 g/mol. The number of carbonyl (C=O) groups excluding carboxylic acids is 2. The zero-order chi connectivity index (χ0) is 26.1. The van der Waals surface area contributed by atoms with Crippen molar-refractivity contribution in [3.63, 3.8) is 0 Å². The van der Waals surface area contributed by atoms with Gasteiger partial charge in [-0.05, 0) is 0 Å². The standard InChI is InChI=1S/C10H16N2O8.C6H9NO6.2Na/c13-7(14)3-11(4-8(15)16)1-2-12(5-9(17)18)6-10(19)20;8-4(9)1-7(2-5(10)11)3-6(12)13;;/h1-6H2,(H,13,14)(H,15,16)(H,17,18)(H,19,20);1-3H2,(H,8,9)(H,10,11)(H,12,13);;/q;;2*+1/p-2. The molecule has 0 spiro atoms. The molecule has 0 radical (unpaired) electrons. The van der Waals surface area contributed by atoms with Crippen LogP contribution in [0.3, 0.4) is 0 Å². The SMILES string of the molecule is O=C(O)CN(CC(=O)O)CC(=O)O.O=C([O-])CN(CCN(CC(=O)O)CC(=O)O)CC(=O)[O-].[Na+].[Na+]. The topological polar surface area (TPSA) is 276 Å². The number of rotatable bonds is 17. The first-order chi connectivity index (χ1) is 15.1. The summed E-state index contributed by atoms with van der Waals surface area (Å²) in [5, 5.41) is 62.9. The van der Waals surface area contributed by atoms with Gasteiger partial charge in [0.25, 0.3) is 0 Å². The molecule has 0 saturated heterocycles. The minimum Gasteiger partial charge on any atom is -0.549 e. The first-order valence-electron chi connectivity index (χ1n) is 8.78. The zero-order valence-electron chi connectivity index (χ0n) is 19.1. The molecule has 0 fully saturated rings. The van der Waals surface area contributed by atoms with Crippen molar-refractivity contribution in [2.45, 2.75) is 0 Å². The molecule has 0 aliphatic rings. The van der Waals surface area contributed by atoms with Crippen LogP contribution in [0.1, 0.15) is 0 Å². The molecule has 0 heterocycles. The molecule has 0 aromatic rings. The van der Waals surface area contributed by atoms with Gasteiger partial charge in [0.15, 0.2) is 0 Å². The van der Waals surface area contributed by atoms with E-state index in [0.29, 0.717) is 0 Å². The average molecular weight is 527 g/mol. The van der Waals surface area contributed by atoms with Gasteiger partial charge in [-0.15, -0.1) is 0 Å². The van der Waals surface area contributed by atoms with Crippen molar-refractivity contribution in [3.8, 4) is 0 Å². The molecule has 0 unspecified atom stereocenters. The molecule has 0 saturated carbocycles. The second-order valence-corrected chi connectivity index (χ2v) is 6.28. The number of carboxylic acid groups (broad SMARTS) is 7. The van der Waals surface area contributed by atoms with Crippen LogP contribution >= 0.6 is 0 Å². The van der Waals surface area contributed by atoms with Gasteiger partial charge in [0.05, 0.1) is 44.7 Å². The summed E-state index contributed by atoms with van der Waals surface area (Å²) in [4.78, 5) is 75.1. The molecule has 19 heteroatoms. The van der Waals surface area contributed by atoms with E-state index in [0.717, 1.165) is 14.7 Å². The molecule has 0 amide bonds. The molecule has 0 rings (SSSR count). The van der Waals surface area contributed by atoms with E-state index in [4.69, 9.17) is 25.5 Å². The summed E-state index contributed by atoms with van der Waals surface area (Å²) in [6, 6.07) is 0. The van der Waals surface area contributed by atoms with Crippen LogP contribution in [-0.2, 0) is 33.6 Å². The Labute approximate surface area is 242 Å². The first-order valence-corrected chi connectivity index (χ1v) is 8.78. The molecule has 188 valence electrons. The van der Waals surface area contributed by atoms with Crippen molar-refractivity contribution in [1.29, 1.82) is 0 Å². The number of aliphatic carboxylic acids is 7. The predicted octanol–water partition coefficient (Wildman–Crippen LogP) is -12.2. The van der Waals surface area contributed by atoms with Crippen LogP contribution in [-0.4, -0.2) is 141 Å². The Balaban J connectivity index is -0.000000281. The molecule has 35 heavy (non-hydrogen) atoms. The van der Waals surface area contributed by atoms with Gasteiger partial charge in [-0.2, -0.15) is 0 Å². The Morgan fingerprint density at radius 1 is 0.429 bits per heavy atom. The summed E-state index contributed by atoms with van der Waals surface area (Å²) in [6.07, 6.45) is 0. The van der Waals surface area contributed by atoms with E-state index >= 15 is 0 Å². The van der Waals surface area contributed by atoms with Gasteiger partial charge in [-0.25, -0.2) is 0 Å². The van der Waals surface area contributed by atoms with E-state index in [1.807, 2.05) is 0 Å². The van der Waals surface area contributed by atoms with Crippen molar-refractivity contribution in [2.24, 2.45) is 0 Å². The van der Waals surface area contributed by atoms with Gasteiger partial charge in [0.1, 0.15) is 0 Å². The van der Waals surface area contributed by atoms with Crippen molar-refractivity contribution in [3.05, 3.63) is 0 Å². The fourth-order valence-electron chi connectivity index (χ4n) is 2.20. The molecule has 5 N–H and O–H groups in total. The second kappa shape index (κ2) is 22.6. The largest absolute Gasteiger partial charge is 1.00 e. The summed E-state index contributed by atoms with van der Waals surface area (Å²) in [7, 11) is 0. The van der Waals surface area contributed by atoms with E-state index in [9.17, 15) is 43.8 Å². The Bertz CT molecular complexity index is 630. The summed E-state index contributed by atoms with van der Waals surface area (Å²) < 4.78 is 0. The van der Waals surface area contributed by atoms with Crippen LogP contribution in [0.25, 0.3) is 0 Å².